The van der Waals surface area contributed by atoms with Gasteiger partial charge in [-0.2, -0.15) is 0 Å². The highest BCUT2D eigenvalue weighted by molar-refractivity contribution is 5.85. The first-order chi connectivity index (χ1) is 6.57. The molecule has 15 heavy (non-hydrogen) atoms. The number of anilines is 1. The molecule has 86 valence electrons. The summed E-state index contributed by atoms with van der Waals surface area (Å²) < 4.78 is 0. The Morgan fingerprint density at radius 3 is 2.53 bits per heavy atom. The van der Waals surface area contributed by atoms with E-state index in [9.17, 15) is 5.11 Å². The first-order valence-electron chi connectivity index (χ1n) is 4.91. The van der Waals surface area contributed by atoms with Crippen LogP contribution in [-0.4, -0.2) is 5.11 Å². The van der Waals surface area contributed by atoms with E-state index in [1.54, 1.807) is 6.07 Å². The molecule has 0 heterocycles. The molecule has 3 nitrogen and oxygen atoms in total. The molecule has 0 radical (unpaired) electrons. The average molecular weight is 231 g/mol. The highest BCUT2D eigenvalue weighted by Crippen LogP contribution is 2.33. The molecule has 0 saturated heterocycles. The highest BCUT2D eigenvalue weighted by atomic mass is 35.5. The van der Waals surface area contributed by atoms with E-state index in [4.69, 9.17) is 11.5 Å². The van der Waals surface area contributed by atoms with Gasteiger partial charge < -0.3 is 16.6 Å². The van der Waals surface area contributed by atoms with Crippen LogP contribution in [0.3, 0.4) is 0 Å². The lowest BCUT2D eigenvalue weighted by Gasteiger charge is -2.16. The van der Waals surface area contributed by atoms with Gasteiger partial charge in [0.2, 0.25) is 0 Å². The number of aryl methyl sites for hydroxylation is 1. The van der Waals surface area contributed by atoms with Crippen LogP contribution < -0.4 is 11.5 Å². The maximum absolute atomic E-state index is 9.77. The van der Waals surface area contributed by atoms with Crippen molar-refractivity contribution in [3.05, 3.63) is 23.3 Å². The molecule has 1 atom stereocenters. The van der Waals surface area contributed by atoms with E-state index in [0.29, 0.717) is 5.69 Å². The molecular formula is C11H19ClN2O. The number of nitrogen functional groups attached to an aromatic ring is 1. The zero-order valence-corrected chi connectivity index (χ0v) is 9.97. The number of rotatable bonds is 3. The van der Waals surface area contributed by atoms with E-state index in [1.165, 1.54) is 0 Å². The smallest absolute Gasteiger partial charge is 0.143 e. The fourth-order valence-corrected chi connectivity index (χ4v) is 1.65. The van der Waals surface area contributed by atoms with Gasteiger partial charge >= 0.3 is 0 Å². The van der Waals surface area contributed by atoms with E-state index in [0.717, 1.165) is 24.0 Å². The SMILES string of the molecule is CCC[C@H](N)c1c(C)ccc(N)c1O.Cl. The molecule has 0 aromatic heterocycles. The Labute approximate surface area is 96.9 Å². The minimum absolute atomic E-state index is 0. The zero-order valence-electron chi connectivity index (χ0n) is 9.16. The number of hydrogen-bond donors (Lipinski definition) is 3. The average Bonchev–Trinajstić information content (AvgIpc) is 2.13. The maximum atomic E-state index is 9.77. The monoisotopic (exact) mass is 230 g/mol. The van der Waals surface area contributed by atoms with Crippen LogP contribution >= 0.6 is 12.4 Å². The fourth-order valence-electron chi connectivity index (χ4n) is 1.65. The Hall–Kier alpha value is -0.930. The Morgan fingerprint density at radius 1 is 1.40 bits per heavy atom. The molecule has 0 aliphatic carbocycles. The minimum Gasteiger partial charge on any atom is -0.505 e. The van der Waals surface area contributed by atoms with Crippen molar-refractivity contribution in [1.82, 2.24) is 0 Å². The zero-order chi connectivity index (χ0) is 10.7. The van der Waals surface area contributed by atoms with Gasteiger partial charge in [0.25, 0.3) is 0 Å². The van der Waals surface area contributed by atoms with Crippen LogP contribution in [0.4, 0.5) is 5.69 Å². The van der Waals surface area contributed by atoms with Crippen molar-refractivity contribution >= 4 is 18.1 Å². The molecule has 4 heteroatoms. The second kappa shape index (κ2) is 5.83. The van der Waals surface area contributed by atoms with Crippen molar-refractivity contribution in [2.45, 2.75) is 32.7 Å². The topological polar surface area (TPSA) is 72.3 Å². The summed E-state index contributed by atoms with van der Waals surface area (Å²) in [5.41, 5.74) is 13.8. The lowest BCUT2D eigenvalue weighted by Crippen LogP contribution is -2.12. The number of hydrogen-bond acceptors (Lipinski definition) is 3. The summed E-state index contributed by atoms with van der Waals surface area (Å²) in [7, 11) is 0. The van der Waals surface area contributed by atoms with Crippen molar-refractivity contribution in [3.8, 4) is 5.75 Å². The Kier molecular flexibility index (Phi) is 5.47. The van der Waals surface area contributed by atoms with E-state index >= 15 is 0 Å². The van der Waals surface area contributed by atoms with Gasteiger partial charge in [0.15, 0.2) is 0 Å². The summed E-state index contributed by atoms with van der Waals surface area (Å²) in [4.78, 5) is 0. The van der Waals surface area contributed by atoms with Crippen molar-refractivity contribution in [1.29, 1.82) is 0 Å². The Morgan fingerprint density at radius 2 is 2.00 bits per heavy atom. The van der Waals surface area contributed by atoms with Gasteiger partial charge in [0, 0.05) is 11.6 Å². The molecule has 1 aromatic rings. The Bertz CT molecular complexity index is 329. The van der Waals surface area contributed by atoms with E-state index in [-0.39, 0.29) is 24.2 Å². The van der Waals surface area contributed by atoms with Crippen LogP contribution in [0, 0.1) is 6.92 Å². The number of aromatic hydroxyl groups is 1. The summed E-state index contributed by atoms with van der Waals surface area (Å²) in [5.74, 6) is 0.144. The van der Waals surface area contributed by atoms with Crippen molar-refractivity contribution in [3.63, 3.8) is 0 Å². The first kappa shape index (κ1) is 14.1. The quantitative estimate of drug-likeness (QED) is 0.552. The lowest BCUT2D eigenvalue weighted by molar-refractivity contribution is 0.459. The van der Waals surface area contributed by atoms with Crippen LogP contribution in [0.25, 0.3) is 0 Å². The first-order valence-corrected chi connectivity index (χ1v) is 4.91. The van der Waals surface area contributed by atoms with Crippen LogP contribution in [0.2, 0.25) is 0 Å². The third-order valence-electron chi connectivity index (χ3n) is 2.44. The van der Waals surface area contributed by atoms with Crippen molar-refractivity contribution < 1.29 is 5.11 Å². The van der Waals surface area contributed by atoms with Gasteiger partial charge in [-0.15, -0.1) is 12.4 Å². The summed E-state index contributed by atoms with van der Waals surface area (Å²) in [5, 5.41) is 9.77. The van der Waals surface area contributed by atoms with Gasteiger partial charge in [-0.25, -0.2) is 0 Å². The van der Waals surface area contributed by atoms with Crippen molar-refractivity contribution in [2.24, 2.45) is 5.73 Å². The molecule has 0 aliphatic rings. The van der Waals surface area contributed by atoms with E-state index < -0.39 is 0 Å². The van der Waals surface area contributed by atoms with Gasteiger partial charge in [-0.05, 0) is 25.0 Å². The van der Waals surface area contributed by atoms with Gasteiger partial charge in [-0.1, -0.05) is 19.4 Å². The third kappa shape index (κ3) is 3.01. The second-order valence-electron chi connectivity index (χ2n) is 3.63. The molecular weight excluding hydrogens is 212 g/mol. The predicted molar refractivity (Wildman–Crippen MR) is 66.3 cm³/mol. The fraction of sp³-hybridized carbons (Fsp3) is 0.455. The minimum atomic E-state index is -0.122. The molecule has 0 spiro atoms. The highest BCUT2D eigenvalue weighted by Gasteiger charge is 2.14. The standard InChI is InChI=1S/C11H18N2O.ClH/c1-3-4-8(12)10-7(2)5-6-9(13)11(10)14;/h5-6,8,14H,3-4,12-13H2,1-2H3;1H/t8-;/m0./s1. The third-order valence-corrected chi connectivity index (χ3v) is 2.44. The van der Waals surface area contributed by atoms with E-state index in [1.807, 2.05) is 13.0 Å². The summed E-state index contributed by atoms with van der Waals surface area (Å²) in [6.45, 7) is 4.00. The maximum Gasteiger partial charge on any atom is 0.143 e. The molecule has 0 saturated carbocycles. The molecule has 1 aromatic carbocycles. The number of halogens is 1. The predicted octanol–water partition coefficient (Wildman–Crippen LogP) is 2.50. The normalized spacial score (nSPS) is 11.9. The van der Waals surface area contributed by atoms with Crippen LogP contribution in [-0.2, 0) is 0 Å². The van der Waals surface area contributed by atoms with Crippen molar-refractivity contribution in [2.75, 3.05) is 5.73 Å². The van der Waals surface area contributed by atoms with Gasteiger partial charge in [0.05, 0.1) is 5.69 Å². The number of benzene rings is 1. The van der Waals surface area contributed by atoms with Crippen LogP contribution in [0.1, 0.15) is 36.9 Å². The summed E-state index contributed by atoms with van der Waals surface area (Å²) in [6.07, 6.45) is 1.85. The lowest BCUT2D eigenvalue weighted by atomic mass is 9.96. The van der Waals surface area contributed by atoms with Gasteiger partial charge in [-0.3, -0.25) is 0 Å². The molecule has 0 amide bonds. The second-order valence-corrected chi connectivity index (χ2v) is 3.63. The molecule has 0 aliphatic heterocycles. The van der Waals surface area contributed by atoms with E-state index in [2.05, 4.69) is 6.92 Å². The summed E-state index contributed by atoms with van der Waals surface area (Å²) in [6, 6.07) is 3.47. The van der Waals surface area contributed by atoms with Crippen LogP contribution in [0.5, 0.6) is 5.75 Å². The molecule has 5 N–H and O–H groups in total. The largest absolute Gasteiger partial charge is 0.505 e. The van der Waals surface area contributed by atoms with Gasteiger partial charge in [0.1, 0.15) is 5.75 Å². The van der Waals surface area contributed by atoms with Crippen LogP contribution in [0.15, 0.2) is 12.1 Å². The number of phenolic OH excluding ortho intramolecular Hbond substituents is 1. The molecule has 0 bridgehead atoms. The Balaban J connectivity index is 0.00000196. The summed E-state index contributed by atoms with van der Waals surface area (Å²) >= 11 is 0. The number of phenols is 1. The number of nitrogens with two attached hydrogens (primary N) is 2. The molecule has 0 unspecified atom stereocenters. The molecule has 0 fully saturated rings. The molecule has 1 rings (SSSR count).